The first-order valence-corrected chi connectivity index (χ1v) is 8.47. The molecule has 0 aliphatic heterocycles. The van der Waals surface area contributed by atoms with Gasteiger partial charge in [-0.15, -0.1) is 0 Å². The highest BCUT2D eigenvalue weighted by Gasteiger charge is 2.26. The predicted molar refractivity (Wildman–Crippen MR) is 97.1 cm³/mol. The molecule has 0 spiro atoms. The number of aromatic nitrogens is 2. The molecule has 0 fully saturated rings. The topological polar surface area (TPSA) is 90.0 Å². The molecule has 0 unspecified atom stereocenters. The van der Waals surface area contributed by atoms with Crippen LogP contribution < -0.4 is 11.1 Å². The molecule has 3 aromatic rings. The fourth-order valence-corrected chi connectivity index (χ4v) is 3.37. The molecule has 130 valence electrons. The number of para-hydroxylation sites is 1. The number of nitrogens with one attached hydrogen (secondary N) is 1. The normalized spacial score (nSPS) is 15.5. The van der Waals surface area contributed by atoms with Crippen LogP contribution in [-0.2, 0) is 6.42 Å². The summed E-state index contributed by atoms with van der Waals surface area (Å²) < 4.78 is 1.40. The molecule has 6 nitrogen and oxygen atoms in total. The van der Waals surface area contributed by atoms with Gasteiger partial charge >= 0.3 is 0 Å². The van der Waals surface area contributed by atoms with Crippen LogP contribution in [0.1, 0.15) is 44.6 Å². The number of nitrogens with two attached hydrogens (primary N) is 1. The lowest BCUT2D eigenvalue weighted by molar-refractivity contribution is 0.0930. The number of fused-ring (bicyclic) bond motifs is 1. The second-order valence-corrected chi connectivity index (χ2v) is 6.29. The summed E-state index contributed by atoms with van der Waals surface area (Å²) in [5.74, 6) is -0.949. The zero-order valence-corrected chi connectivity index (χ0v) is 14.1. The number of amides is 2. The van der Waals surface area contributed by atoms with Gasteiger partial charge in [-0.1, -0.05) is 42.5 Å². The van der Waals surface area contributed by atoms with Crippen LogP contribution in [0.15, 0.2) is 60.7 Å². The zero-order valence-electron chi connectivity index (χ0n) is 14.1. The van der Waals surface area contributed by atoms with Crippen LogP contribution >= 0.6 is 0 Å². The summed E-state index contributed by atoms with van der Waals surface area (Å²) >= 11 is 0. The summed E-state index contributed by atoms with van der Waals surface area (Å²) in [6, 6.07) is 18.6. The van der Waals surface area contributed by atoms with Gasteiger partial charge in [-0.2, -0.15) is 5.10 Å². The van der Waals surface area contributed by atoms with E-state index >= 15 is 0 Å². The van der Waals surface area contributed by atoms with Crippen LogP contribution in [0.5, 0.6) is 0 Å². The molecule has 1 aliphatic carbocycles. The number of nitrogens with zero attached hydrogens (tertiary/aromatic N) is 2. The van der Waals surface area contributed by atoms with Crippen LogP contribution in [0.3, 0.4) is 0 Å². The second kappa shape index (κ2) is 6.48. The highest BCUT2D eigenvalue weighted by atomic mass is 16.2. The molecular weight excluding hydrogens is 328 g/mol. The van der Waals surface area contributed by atoms with Gasteiger partial charge in [-0.3, -0.25) is 9.59 Å². The average Bonchev–Trinajstić information content (AvgIpc) is 3.28. The van der Waals surface area contributed by atoms with Crippen molar-refractivity contribution in [3.8, 4) is 5.69 Å². The van der Waals surface area contributed by atoms with Gasteiger partial charge in [-0.25, -0.2) is 4.68 Å². The lowest BCUT2D eigenvalue weighted by Crippen LogP contribution is -2.27. The Hall–Kier alpha value is -3.41. The SMILES string of the molecule is NC(=O)c1cc(C(=O)N[C@@H]2CCc3ccccc32)nn1-c1ccccc1. The quantitative estimate of drug-likeness (QED) is 0.760. The van der Waals surface area contributed by atoms with Crippen molar-refractivity contribution in [2.75, 3.05) is 0 Å². The molecule has 0 radical (unpaired) electrons. The monoisotopic (exact) mass is 346 g/mol. The second-order valence-electron chi connectivity index (χ2n) is 6.29. The van der Waals surface area contributed by atoms with Crippen molar-refractivity contribution in [3.63, 3.8) is 0 Å². The van der Waals surface area contributed by atoms with E-state index in [1.807, 2.05) is 36.4 Å². The van der Waals surface area contributed by atoms with E-state index < -0.39 is 5.91 Å². The third kappa shape index (κ3) is 2.86. The van der Waals surface area contributed by atoms with E-state index in [4.69, 9.17) is 5.73 Å². The summed E-state index contributed by atoms with van der Waals surface area (Å²) in [5.41, 5.74) is 8.87. The van der Waals surface area contributed by atoms with Crippen molar-refractivity contribution in [2.24, 2.45) is 5.73 Å². The Kier molecular flexibility index (Phi) is 4.01. The van der Waals surface area contributed by atoms with Crippen molar-refractivity contribution in [1.29, 1.82) is 0 Å². The Morgan fingerprint density at radius 1 is 1.08 bits per heavy atom. The maximum Gasteiger partial charge on any atom is 0.272 e. The Morgan fingerprint density at radius 2 is 1.81 bits per heavy atom. The van der Waals surface area contributed by atoms with E-state index in [0.29, 0.717) is 5.69 Å². The van der Waals surface area contributed by atoms with Gasteiger partial charge in [-0.05, 0) is 36.1 Å². The van der Waals surface area contributed by atoms with Crippen molar-refractivity contribution >= 4 is 11.8 Å². The number of hydrogen-bond acceptors (Lipinski definition) is 3. The van der Waals surface area contributed by atoms with E-state index in [1.165, 1.54) is 16.3 Å². The molecule has 2 aromatic carbocycles. The van der Waals surface area contributed by atoms with Crippen molar-refractivity contribution < 1.29 is 9.59 Å². The van der Waals surface area contributed by atoms with Crippen molar-refractivity contribution in [2.45, 2.75) is 18.9 Å². The number of primary amides is 1. The third-order valence-corrected chi connectivity index (χ3v) is 4.63. The van der Waals surface area contributed by atoms with Gasteiger partial charge in [0.2, 0.25) is 0 Å². The molecule has 1 aliphatic rings. The van der Waals surface area contributed by atoms with Gasteiger partial charge in [0.05, 0.1) is 11.7 Å². The molecule has 0 saturated carbocycles. The molecule has 1 heterocycles. The molecule has 2 amide bonds. The first kappa shape index (κ1) is 16.1. The molecule has 0 bridgehead atoms. The van der Waals surface area contributed by atoms with Crippen LogP contribution in [0, 0.1) is 0 Å². The minimum Gasteiger partial charge on any atom is -0.364 e. The molecule has 6 heteroatoms. The van der Waals surface area contributed by atoms with Gasteiger partial charge in [0, 0.05) is 6.07 Å². The van der Waals surface area contributed by atoms with E-state index in [1.54, 1.807) is 12.1 Å². The number of carbonyl (C=O) groups is 2. The Morgan fingerprint density at radius 3 is 2.58 bits per heavy atom. The molecule has 1 atom stereocenters. The van der Waals surface area contributed by atoms with Crippen molar-refractivity contribution in [1.82, 2.24) is 15.1 Å². The number of rotatable bonds is 4. The average molecular weight is 346 g/mol. The molecular formula is C20H18N4O2. The minimum atomic E-state index is -0.633. The Bertz CT molecular complexity index is 978. The first-order valence-electron chi connectivity index (χ1n) is 8.47. The summed E-state index contributed by atoms with van der Waals surface area (Å²) in [7, 11) is 0. The van der Waals surface area contributed by atoms with Crippen LogP contribution in [0.2, 0.25) is 0 Å². The standard InChI is InChI=1S/C20H18N4O2/c21-19(25)18-12-17(23-24(18)14-7-2-1-3-8-14)20(26)22-16-11-10-13-6-4-5-9-15(13)16/h1-9,12,16H,10-11H2,(H2,21,25)(H,22,26)/t16-/m1/s1. The maximum atomic E-state index is 12.7. The summed E-state index contributed by atoms with van der Waals surface area (Å²) in [6.07, 6.45) is 1.79. The van der Waals surface area contributed by atoms with Gasteiger partial charge in [0.25, 0.3) is 11.8 Å². The number of benzene rings is 2. The third-order valence-electron chi connectivity index (χ3n) is 4.63. The smallest absolute Gasteiger partial charge is 0.272 e. The number of carbonyl (C=O) groups excluding carboxylic acids is 2. The summed E-state index contributed by atoms with van der Waals surface area (Å²) in [4.78, 5) is 24.5. The highest BCUT2D eigenvalue weighted by molar-refractivity contribution is 5.97. The van der Waals surface area contributed by atoms with E-state index in [-0.39, 0.29) is 23.3 Å². The van der Waals surface area contributed by atoms with E-state index in [2.05, 4.69) is 16.5 Å². The van der Waals surface area contributed by atoms with Crippen LogP contribution in [-0.4, -0.2) is 21.6 Å². The van der Waals surface area contributed by atoms with Gasteiger partial charge in [0.15, 0.2) is 5.69 Å². The van der Waals surface area contributed by atoms with Gasteiger partial charge < -0.3 is 11.1 Å². The summed E-state index contributed by atoms with van der Waals surface area (Å²) in [6.45, 7) is 0. The van der Waals surface area contributed by atoms with Crippen LogP contribution in [0.25, 0.3) is 5.69 Å². The fourth-order valence-electron chi connectivity index (χ4n) is 3.37. The van der Waals surface area contributed by atoms with Crippen LogP contribution in [0.4, 0.5) is 0 Å². The van der Waals surface area contributed by atoms with Crippen molar-refractivity contribution in [3.05, 3.63) is 83.2 Å². The maximum absolute atomic E-state index is 12.7. The van der Waals surface area contributed by atoms with E-state index in [0.717, 1.165) is 18.4 Å². The number of aryl methyl sites for hydroxylation is 1. The predicted octanol–water partition coefficient (Wildman–Crippen LogP) is 2.39. The summed E-state index contributed by atoms with van der Waals surface area (Å²) in [5, 5.41) is 7.32. The Labute approximate surface area is 150 Å². The minimum absolute atomic E-state index is 0.0439. The molecule has 3 N–H and O–H groups in total. The fraction of sp³-hybridized carbons (Fsp3) is 0.150. The van der Waals surface area contributed by atoms with E-state index in [9.17, 15) is 9.59 Å². The lowest BCUT2D eigenvalue weighted by atomic mass is 10.1. The largest absolute Gasteiger partial charge is 0.364 e. The molecule has 26 heavy (non-hydrogen) atoms. The molecule has 0 saturated heterocycles. The molecule has 1 aromatic heterocycles. The zero-order chi connectivity index (χ0) is 18.1. The Balaban J connectivity index is 1.62. The van der Waals surface area contributed by atoms with Gasteiger partial charge in [0.1, 0.15) is 5.69 Å². The molecule has 4 rings (SSSR count). The lowest BCUT2D eigenvalue weighted by Gasteiger charge is -2.12. The number of hydrogen-bond donors (Lipinski definition) is 2. The first-order chi connectivity index (χ1) is 12.6. The highest BCUT2D eigenvalue weighted by Crippen LogP contribution is 2.30.